The zero-order chi connectivity index (χ0) is 54.6. The molecule has 3 heterocycles. The maximum absolute atomic E-state index is 7.15. The number of para-hydroxylation sites is 5. The van der Waals surface area contributed by atoms with E-state index in [0.29, 0.717) is 0 Å². The van der Waals surface area contributed by atoms with Crippen molar-refractivity contribution in [3.63, 3.8) is 0 Å². The highest BCUT2D eigenvalue weighted by Crippen LogP contribution is 2.64. The number of rotatable bonds is 5. The summed E-state index contributed by atoms with van der Waals surface area (Å²) in [6, 6.07) is 76.5. The molecule has 0 radical (unpaired) electrons. The summed E-state index contributed by atoms with van der Waals surface area (Å²) in [7, 11) is 0. The molecule has 388 valence electrons. The second-order valence-corrected chi connectivity index (χ2v) is 24.8. The quantitative estimate of drug-likeness (QED) is 0.172. The van der Waals surface area contributed by atoms with E-state index in [0.717, 1.165) is 50.3 Å². The Balaban J connectivity index is 0.878. The summed E-state index contributed by atoms with van der Waals surface area (Å²) >= 11 is 0. The van der Waals surface area contributed by atoms with Gasteiger partial charge < -0.3 is 18.3 Å². The minimum atomic E-state index is -0.383. The molecule has 3 aliphatic rings. The number of furan rings is 2. The van der Waals surface area contributed by atoms with Crippen molar-refractivity contribution in [2.45, 2.75) is 71.6 Å². The molecule has 4 nitrogen and oxygen atoms in total. The largest absolute Gasteiger partial charge is 0.455 e. The summed E-state index contributed by atoms with van der Waals surface area (Å²) in [5.74, 6) is 0. The zero-order valence-electron chi connectivity index (χ0n) is 46.8. The molecule has 81 heavy (non-hydrogen) atoms. The summed E-state index contributed by atoms with van der Waals surface area (Å²) in [4.78, 5) is 2.55. The first-order chi connectivity index (χ1) is 39.3. The van der Waals surface area contributed by atoms with Crippen LogP contribution < -0.4 is 4.90 Å². The summed E-state index contributed by atoms with van der Waals surface area (Å²) in [6.45, 7) is 19.1. The van der Waals surface area contributed by atoms with E-state index in [2.05, 4.69) is 271 Å². The van der Waals surface area contributed by atoms with Crippen LogP contribution in [0.1, 0.15) is 86.1 Å². The van der Waals surface area contributed by atoms with E-state index in [9.17, 15) is 0 Å². The number of aromatic nitrogens is 1. The number of hydrogen-bond acceptors (Lipinski definition) is 3. The van der Waals surface area contributed by atoms with Gasteiger partial charge in [-0.25, -0.2) is 0 Å². The van der Waals surface area contributed by atoms with Gasteiger partial charge in [0.05, 0.1) is 16.7 Å². The third-order valence-electron chi connectivity index (χ3n) is 19.3. The lowest BCUT2D eigenvalue weighted by molar-refractivity contribution is 0.600. The Hall–Kier alpha value is -9.38. The van der Waals surface area contributed by atoms with Crippen molar-refractivity contribution < 1.29 is 8.83 Å². The topological polar surface area (TPSA) is 34.5 Å². The normalized spacial score (nSPS) is 15.0. The monoisotopic (exact) mass is 1040 g/mol. The first-order valence-corrected chi connectivity index (χ1v) is 28.7. The Morgan fingerprint density at radius 3 is 1.59 bits per heavy atom. The minimum absolute atomic E-state index is 0.240. The Morgan fingerprint density at radius 1 is 0.358 bits per heavy atom. The van der Waals surface area contributed by atoms with Crippen LogP contribution in [0.4, 0.5) is 17.1 Å². The van der Waals surface area contributed by atoms with Gasteiger partial charge in [0.2, 0.25) is 0 Å². The molecule has 0 fully saturated rings. The van der Waals surface area contributed by atoms with Crippen LogP contribution in [0.2, 0.25) is 0 Å². The predicted molar refractivity (Wildman–Crippen MR) is 338 cm³/mol. The van der Waals surface area contributed by atoms with E-state index in [1.54, 1.807) is 0 Å². The van der Waals surface area contributed by atoms with Crippen molar-refractivity contribution >= 4 is 82.7 Å². The van der Waals surface area contributed by atoms with Gasteiger partial charge in [-0.2, -0.15) is 0 Å². The molecule has 17 rings (SSSR count). The van der Waals surface area contributed by atoms with Crippen LogP contribution in [-0.2, 0) is 16.2 Å². The van der Waals surface area contributed by atoms with Crippen LogP contribution in [0.25, 0.3) is 116 Å². The molecule has 14 aromatic rings. The Morgan fingerprint density at radius 2 is 0.877 bits per heavy atom. The summed E-state index contributed by atoms with van der Waals surface area (Å²) < 4.78 is 16.6. The lowest BCUT2D eigenvalue weighted by Crippen LogP contribution is -2.24. The molecular formula is C77H58N2O2. The smallest absolute Gasteiger partial charge is 0.144 e. The maximum atomic E-state index is 7.15. The van der Waals surface area contributed by atoms with Crippen molar-refractivity contribution in [2.75, 3.05) is 4.90 Å². The molecule has 0 saturated carbocycles. The van der Waals surface area contributed by atoms with Crippen molar-refractivity contribution in [3.8, 4) is 50.2 Å². The highest BCUT2D eigenvalue weighted by Gasteiger charge is 2.49. The fourth-order valence-electron chi connectivity index (χ4n) is 15.7. The first-order valence-electron chi connectivity index (χ1n) is 28.7. The lowest BCUT2D eigenvalue weighted by Gasteiger charge is -2.32. The van der Waals surface area contributed by atoms with E-state index in [-0.39, 0.29) is 16.2 Å². The van der Waals surface area contributed by atoms with E-state index in [1.807, 2.05) is 0 Å². The van der Waals surface area contributed by atoms with Crippen LogP contribution >= 0.6 is 0 Å². The summed E-state index contributed by atoms with van der Waals surface area (Å²) in [6.07, 6.45) is 0. The Labute approximate surface area is 471 Å². The molecule has 3 aliphatic carbocycles. The van der Waals surface area contributed by atoms with Gasteiger partial charge in [0, 0.05) is 76.8 Å². The Kier molecular flexibility index (Phi) is 9.15. The molecule has 0 saturated heterocycles. The van der Waals surface area contributed by atoms with Crippen molar-refractivity contribution in [1.29, 1.82) is 0 Å². The molecule has 0 unspecified atom stereocenters. The molecule has 0 aliphatic heterocycles. The van der Waals surface area contributed by atoms with E-state index in [4.69, 9.17) is 8.83 Å². The number of aryl methyl sites for hydroxylation is 2. The number of anilines is 3. The summed E-state index contributed by atoms with van der Waals surface area (Å²) in [5, 5.41) is 7.13. The van der Waals surface area contributed by atoms with Gasteiger partial charge >= 0.3 is 0 Å². The molecule has 0 spiro atoms. The van der Waals surface area contributed by atoms with Crippen LogP contribution in [0, 0.1) is 13.8 Å². The van der Waals surface area contributed by atoms with E-state index in [1.165, 1.54) is 127 Å². The molecule has 11 aromatic carbocycles. The molecule has 4 heteroatoms. The molecule has 0 amide bonds. The van der Waals surface area contributed by atoms with Gasteiger partial charge in [0.25, 0.3) is 0 Å². The standard InChI is InChI=1S/C77H58N2O2/c1-43-22-20-23-44(2)72(43)78(47-37-39-51-58(41-47)77(7,8)70-66(51)68-54-29-15-19-35-63(54)81-74(68)69-49-26-12-16-31-56(49)76(5,6)71(69)70)46-36-38-50-57(40-46)75(3,4)59-42-55(73-67(65(50)59)53-28-14-18-34-62(53)80-73)48-30-21-33-61-64(48)52-27-13-17-32-60(52)79(61)45-24-10-9-11-25-45/h9-42H,1-8H3. The highest BCUT2D eigenvalue weighted by molar-refractivity contribution is 6.24. The third-order valence-corrected chi connectivity index (χ3v) is 19.3. The maximum Gasteiger partial charge on any atom is 0.144 e. The van der Waals surface area contributed by atoms with Gasteiger partial charge in [-0.05, 0) is 158 Å². The van der Waals surface area contributed by atoms with Gasteiger partial charge in [-0.15, -0.1) is 0 Å². The van der Waals surface area contributed by atoms with Crippen molar-refractivity contribution in [3.05, 3.63) is 251 Å². The van der Waals surface area contributed by atoms with Gasteiger partial charge in [0.15, 0.2) is 0 Å². The first kappa shape index (κ1) is 46.5. The van der Waals surface area contributed by atoms with E-state index >= 15 is 0 Å². The fourth-order valence-corrected chi connectivity index (χ4v) is 15.7. The van der Waals surface area contributed by atoms with Gasteiger partial charge in [-0.3, -0.25) is 0 Å². The molecule has 0 atom stereocenters. The number of hydrogen-bond donors (Lipinski definition) is 0. The second-order valence-electron chi connectivity index (χ2n) is 24.8. The molecular weight excluding hydrogens is 985 g/mol. The SMILES string of the molecule is Cc1cccc(C)c1N(c1ccc2c(c1)C(C)(C)c1cc(-c3cccc4c3c3ccccc3n4-c3ccccc3)c3oc4ccccc4c3c1-2)c1ccc2c(c1)C(C)(C)c1c3c(c4oc5ccccc5c4c1-2)-c1ccccc1C3(C)C. The van der Waals surface area contributed by atoms with E-state index < -0.39 is 0 Å². The molecule has 0 N–H and O–H groups in total. The predicted octanol–water partition coefficient (Wildman–Crippen LogP) is 21.3. The average Bonchev–Trinajstić information content (AvgIpc) is 3.76. The minimum Gasteiger partial charge on any atom is -0.455 e. The Bertz CT molecular complexity index is 5090. The second kappa shape index (κ2) is 15.9. The lowest BCUT2D eigenvalue weighted by atomic mass is 9.72. The van der Waals surface area contributed by atoms with Gasteiger partial charge in [0.1, 0.15) is 22.3 Å². The van der Waals surface area contributed by atoms with Crippen LogP contribution in [0.5, 0.6) is 0 Å². The summed E-state index contributed by atoms with van der Waals surface area (Å²) in [5.41, 5.74) is 30.2. The van der Waals surface area contributed by atoms with Crippen LogP contribution in [0.3, 0.4) is 0 Å². The average molecular weight is 1040 g/mol. The zero-order valence-corrected chi connectivity index (χ0v) is 46.8. The molecule has 3 aromatic heterocycles. The fraction of sp³-hybridized carbons (Fsp3) is 0.143. The third kappa shape index (κ3) is 5.94. The number of nitrogens with zero attached hydrogens (tertiary/aromatic N) is 2. The van der Waals surface area contributed by atoms with Gasteiger partial charge in [-0.1, -0.05) is 181 Å². The van der Waals surface area contributed by atoms with Crippen LogP contribution in [-0.4, -0.2) is 4.57 Å². The van der Waals surface area contributed by atoms with Crippen molar-refractivity contribution in [2.24, 2.45) is 0 Å². The highest BCUT2D eigenvalue weighted by atomic mass is 16.3. The van der Waals surface area contributed by atoms with Crippen LogP contribution in [0.15, 0.2) is 215 Å². The van der Waals surface area contributed by atoms with Crippen molar-refractivity contribution in [1.82, 2.24) is 4.57 Å². The number of fused-ring (bicyclic) bond motifs is 22. The molecule has 0 bridgehead atoms. The number of benzene rings is 11.